The fourth-order valence-corrected chi connectivity index (χ4v) is 2.49. The Hall–Kier alpha value is -1.99. The normalized spacial score (nSPS) is 10.8. The van der Waals surface area contributed by atoms with E-state index in [0.29, 0.717) is 0 Å². The fourth-order valence-electron chi connectivity index (χ4n) is 2.24. The highest BCUT2D eigenvalue weighted by atomic mass is 35.5. The van der Waals surface area contributed by atoms with Crippen molar-refractivity contribution in [2.75, 3.05) is 0 Å². The molecule has 0 aliphatic heterocycles. The van der Waals surface area contributed by atoms with Gasteiger partial charge in [-0.25, -0.2) is 0 Å². The van der Waals surface area contributed by atoms with Gasteiger partial charge in [-0.1, -0.05) is 48.0 Å². The van der Waals surface area contributed by atoms with Crippen LogP contribution >= 0.6 is 11.6 Å². The van der Waals surface area contributed by atoms with Gasteiger partial charge in [0.25, 0.3) is 0 Å². The van der Waals surface area contributed by atoms with Gasteiger partial charge in [-0.3, -0.25) is 0 Å². The van der Waals surface area contributed by atoms with Crippen molar-refractivity contribution in [2.24, 2.45) is 0 Å². The molecule has 0 fully saturated rings. The maximum Gasteiger partial charge on any atom is 0.138 e. The molecule has 0 bridgehead atoms. The minimum absolute atomic E-state index is 0.727. The molecule has 2 aromatic carbocycles. The van der Waals surface area contributed by atoms with Crippen LogP contribution in [0.3, 0.4) is 0 Å². The van der Waals surface area contributed by atoms with Crippen LogP contribution < -0.4 is 0 Å². The molecule has 0 atom stereocenters. The molecule has 0 aliphatic rings. The second-order valence-corrected chi connectivity index (χ2v) is 4.89. The van der Waals surface area contributed by atoms with E-state index in [4.69, 9.17) is 16.0 Å². The number of rotatable bonds is 3. The topological polar surface area (TPSA) is 13.1 Å². The summed E-state index contributed by atoms with van der Waals surface area (Å²) in [6.45, 7) is 3.77. The van der Waals surface area contributed by atoms with Crippen LogP contribution in [0.15, 0.2) is 65.6 Å². The molecule has 0 saturated heterocycles. The van der Waals surface area contributed by atoms with E-state index in [2.05, 4.69) is 6.58 Å². The number of halogens is 1. The van der Waals surface area contributed by atoms with Gasteiger partial charge >= 0.3 is 0 Å². The minimum Gasteiger partial charge on any atom is -0.456 e. The van der Waals surface area contributed by atoms with Gasteiger partial charge in [0, 0.05) is 21.5 Å². The van der Waals surface area contributed by atoms with Gasteiger partial charge in [-0.15, -0.1) is 6.58 Å². The molecule has 0 N–H and O–H groups in total. The third-order valence-electron chi connectivity index (χ3n) is 3.08. The average Bonchev–Trinajstić information content (AvgIpc) is 2.84. The Morgan fingerprint density at radius 3 is 2.63 bits per heavy atom. The zero-order valence-corrected chi connectivity index (χ0v) is 11.2. The summed E-state index contributed by atoms with van der Waals surface area (Å²) in [5, 5.41) is 1.76. The molecule has 0 radical (unpaired) electrons. The van der Waals surface area contributed by atoms with E-state index in [-0.39, 0.29) is 0 Å². The Balaban J connectivity index is 2.20. The largest absolute Gasteiger partial charge is 0.456 e. The Labute approximate surface area is 117 Å². The fraction of sp³-hybridized carbons (Fsp3) is 0.0588. The first-order valence-corrected chi connectivity index (χ1v) is 6.54. The molecular weight excluding hydrogens is 256 g/mol. The Morgan fingerprint density at radius 1 is 1.11 bits per heavy atom. The lowest BCUT2D eigenvalue weighted by atomic mass is 10.1. The third kappa shape index (κ3) is 2.29. The summed E-state index contributed by atoms with van der Waals surface area (Å²) in [5.74, 6) is 0.864. The van der Waals surface area contributed by atoms with Crippen LogP contribution in [0, 0.1) is 0 Å². The molecule has 3 aromatic rings. The van der Waals surface area contributed by atoms with Crippen LogP contribution in [-0.4, -0.2) is 0 Å². The minimum atomic E-state index is 0.727. The predicted octanol–water partition coefficient (Wildman–Crippen LogP) is 5.48. The van der Waals surface area contributed by atoms with Gasteiger partial charge in [-0.2, -0.15) is 0 Å². The van der Waals surface area contributed by atoms with Crippen LogP contribution in [-0.2, 0) is 6.42 Å². The number of benzene rings is 2. The van der Waals surface area contributed by atoms with Crippen LogP contribution in [0.5, 0.6) is 0 Å². The molecular formula is C17H13ClO. The second-order valence-electron chi connectivity index (χ2n) is 4.45. The number of allylic oxidation sites excluding steroid dienone is 1. The predicted molar refractivity (Wildman–Crippen MR) is 80.6 cm³/mol. The van der Waals surface area contributed by atoms with Gasteiger partial charge < -0.3 is 4.42 Å². The van der Waals surface area contributed by atoms with E-state index in [0.717, 1.165) is 39.3 Å². The molecule has 3 rings (SSSR count). The molecule has 19 heavy (non-hydrogen) atoms. The van der Waals surface area contributed by atoms with Crippen molar-refractivity contribution in [1.82, 2.24) is 0 Å². The van der Waals surface area contributed by atoms with Gasteiger partial charge in [0.15, 0.2) is 0 Å². The van der Waals surface area contributed by atoms with Crippen molar-refractivity contribution < 1.29 is 4.42 Å². The number of fused-ring (bicyclic) bond motifs is 1. The van der Waals surface area contributed by atoms with Crippen LogP contribution in [0.4, 0.5) is 0 Å². The van der Waals surface area contributed by atoms with Crippen LogP contribution in [0.1, 0.15) is 5.56 Å². The molecule has 2 heteroatoms. The maximum atomic E-state index is 6.14. The first-order chi connectivity index (χ1) is 9.28. The SMILES string of the molecule is C=CCc1cc(Cl)cc2cc(-c3ccccc3)oc12. The summed E-state index contributed by atoms with van der Waals surface area (Å²) in [6, 6.07) is 16.0. The van der Waals surface area contributed by atoms with Crippen molar-refractivity contribution in [3.05, 3.63) is 71.8 Å². The highest BCUT2D eigenvalue weighted by Gasteiger charge is 2.10. The first-order valence-electron chi connectivity index (χ1n) is 6.16. The van der Waals surface area contributed by atoms with Crippen LogP contribution in [0.25, 0.3) is 22.3 Å². The number of hydrogen-bond donors (Lipinski definition) is 0. The van der Waals surface area contributed by atoms with Crippen molar-refractivity contribution in [1.29, 1.82) is 0 Å². The molecule has 0 unspecified atom stereocenters. The molecule has 0 aliphatic carbocycles. The molecule has 1 heterocycles. The third-order valence-corrected chi connectivity index (χ3v) is 3.30. The second kappa shape index (κ2) is 4.94. The highest BCUT2D eigenvalue weighted by molar-refractivity contribution is 6.31. The smallest absolute Gasteiger partial charge is 0.138 e. The van der Waals surface area contributed by atoms with Crippen molar-refractivity contribution in [3.8, 4) is 11.3 Å². The van der Waals surface area contributed by atoms with Crippen molar-refractivity contribution in [3.63, 3.8) is 0 Å². The van der Waals surface area contributed by atoms with Gasteiger partial charge in [0.1, 0.15) is 11.3 Å². The van der Waals surface area contributed by atoms with Gasteiger partial charge in [0.2, 0.25) is 0 Å². The molecule has 0 saturated carbocycles. The monoisotopic (exact) mass is 268 g/mol. The lowest BCUT2D eigenvalue weighted by Crippen LogP contribution is -1.81. The lowest BCUT2D eigenvalue weighted by molar-refractivity contribution is 0.628. The van der Waals surface area contributed by atoms with Gasteiger partial charge in [-0.05, 0) is 24.6 Å². The van der Waals surface area contributed by atoms with Crippen molar-refractivity contribution >= 4 is 22.6 Å². The van der Waals surface area contributed by atoms with E-state index >= 15 is 0 Å². The molecule has 1 nitrogen and oxygen atoms in total. The standard InChI is InChI=1S/C17H13ClO/c1-2-6-13-9-15(18)10-14-11-16(19-17(13)14)12-7-4-3-5-8-12/h2-5,7-11H,1,6H2. The molecule has 0 spiro atoms. The Kier molecular flexibility index (Phi) is 3.14. The quantitative estimate of drug-likeness (QED) is 0.573. The summed E-state index contributed by atoms with van der Waals surface area (Å²) in [7, 11) is 0. The van der Waals surface area contributed by atoms with E-state index in [1.54, 1.807) is 0 Å². The summed E-state index contributed by atoms with van der Waals surface area (Å²) in [6.07, 6.45) is 2.61. The first kappa shape index (κ1) is 12.1. The summed E-state index contributed by atoms with van der Waals surface area (Å²) < 4.78 is 5.99. The van der Waals surface area contributed by atoms with E-state index in [1.165, 1.54) is 0 Å². The molecule has 0 amide bonds. The zero-order chi connectivity index (χ0) is 13.2. The van der Waals surface area contributed by atoms with Gasteiger partial charge in [0.05, 0.1) is 0 Å². The van der Waals surface area contributed by atoms with E-state index in [9.17, 15) is 0 Å². The highest BCUT2D eigenvalue weighted by Crippen LogP contribution is 2.32. The Morgan fingerprint density at radius 2 is 1.89 bits per heavy atom. The average molecular weight is 269 g/mol. The molecule has 94 valence electrons. The Bertz CT molecular complexity index is 726. The lowest BCUT2D eigenvalue weighted by Gasteiger charge is -1.99. The van der Waals surface area contributed by atoms with E-state index < -0.39 is 0 Å². The number of furan rings is 1. The molecule has 1 aromatic heterocycles. The summed E-state index contributed by atoms with van der Waals surface area (Å²) in [4.78, 5) is 0. The maximum absolute atomic E-state index is 6.14. The summed E-state index contributed by atoms with van der Waals surface area (Å²) >= 11 is 6.14. The van der Waals surface area contributed by atoms with Crippen molar-refractivity contribution in [2.45, 2.75) is 6.42 Å². The van der Waals surface area contributed by atoms with E-state index in [1.807, 2.05) is 54.6 Å². The zero-order valence-electron chi connectivity index (χ0n) is 10.4. The van der Waals surface area contributed by atoms with Crippen LogP contribution in [0.2, 0.25) is 5.02 Å². The summed E-state index contributed by atoms with van der Waals surface area (Å²) in [5.41, 5.74) is 3.03. The number of hydrogen-bond acceptors (Lipinski definition) is 1.